The van der Waals surface area contributed by atoms with Crippen LogP contribution in [0, 0.1) is 0 Å². The van der Waals surface area contributed by atoms with E-state index in [1.807, 2.05) is 11.8 Å². The first-order valence-corrected chi connectivity index (χ1v) is 8.56. The van der Waals surface area contributed by atoms with Crippen molar-refractivity contribution in [2.45, 2.75) is 50.1 Å². The highest BCUT2D eigenvalue weighted by molar-refractivity contribution is 8.00. The number of alkyl halides is 3. The van der Waals surface area contributed by atoms with Gasteiger partial charge >= 0.3 is 6.18 Å². The minimum atomic E-state index is -4.25. The maximum Gasteiger partial charge on any atom is 0.416 e. The van der Waals surface area contributed by atoms with E-state index in [9.17, 15) is 13.2 Å². The van der Waals surface area contributed by atoms with Gasteiger partial charge in [-0.1, -0.05) is 19.1 Å². The lowest BCUT2D eigenvalue weighted by atomic mass is 9.99. The summed E-state index contributed by atoms with van der Waals surface area (Å²) in [5.74, 6) is 1.20. The predicted molar refractivity (Wildman–Crippen MR) is 82.7 cm³/mol. The van der Waals surface area contributed by atoms with Crippen molar-refractivity contribution in [3.05, 3.63) is 35.4 Å². The van der Waals surface area contributed by atoms with Crippen LogP contribution in [0.15, 0.2) is 24.3 Å². The van der Waals surface area contributed by atoms with Gasteiger partial charge in [0.1, 0.15) is 0 Å². The summed E-state index contributed by atoms with van der Waals surface area (Å²) in [7, 11) is 0. The van der Waals surface area contributed by atoms with Crippen LogP contribution in [0.2, 0.25) is 0 Å². The number of thioether (sulfide) groups is 1. The molecule has 1 aliphatic rings. The van der Waals surface area contributed by atoms with Crippen molar-refractivity contribution < 1.29 is 13.2 Å². The minimum absolute atomic E-state index is 0.356. The molecular weight excluding hydrogens is 295 g/mol. The fourth-order valence-corrected chi connectivity index (χ4v) is 4.06. The van der Waals surface area contributed by atoms with Gasteiger partial charge in [0.15, 0.2) is 0 Å². The zero-order valence-electron chi connectivity index (χ0n) is 12.2. The quantitative estimate of drug-likeness (QED) is 0.828. The largest absolute Gasteiger partial charge is 0.416 e. The van der Waals surface area contributed by atoms with Crippen LogP contribution in [0.5, 0.6) is 0 Å². The van der Waals surface area contributed by atoms with Crippen LogP contribution in [0.25, 0.3) is 0 Å². The van der Waals surface area contributed by atoms with E-state index in [1.165, 1.54) is 30.7 Å². The van der Waals surface area contributed by atoms with Gasteiger partial charge in [-0.2, -0.15) is 24.9 Å². The maximum absolute atomic E-state index is 12.6. The molecular formula is C16H22F3NS. The van der Waals surface area contributed by atoms with E-state index < -0.39 is 11.7 Å². The van der Waals surface area contributed by atoms with Crippen LogP contribution in [-0.4, -0.2) is 23.6 Å². The molecule has 5 heteroatoms. The standard InChI is InChI=1S/C16H22F3NS/c1-2-9-20-14(15-4-3-10-21-15)11-12-5-7-13(8-6-12)16(17,18)19/h5-8,14-15,20H,2-4,9-11H2,1H3. The summed E-state index contributed by atoms with van der Waals surface area (Å²) < 4.78 is 37.7. The molecule has 0 amide bonds. The average molecular weight is 317 g/mol. The number of halogens is 3. The van der Waals surface area contributed by atoms with E-state index in [2.05, 4.69) is 12.2 Å². The third-order valence-corrected chi connectivity index (χ3v) is 5.32. The summed E-state index contributed by atoms with van der Waals surface area (Å²) in [5, 5.41) is 4.14. The zero-order valence-corrected chi connectivity index (χ0v) is 13.1. The summed E-state index contributed by atoms with van der Waals surface area (Å²) in [4.78, 5) is 0. The Labute approximate surface area is 128 Å². The minimum Gasteiger partial charge on any atom is -0.313 e. The molecule has 0 bridgehead atoms. The van der Waals surface area contributed by atoms with Gasteiger partial charge in [0.2, 0.25) is 0 Å². The second-order valence-corrected chi connectivity index (χ2v) is 6.86. The smallest absolute Gasteiger partial charge is 0.313 e. The number of benzene rings is 1. The van der Waals surface area contributed by atoms with Crippen LogP contribution in [0.1, 0.15) is 37.3 Å². The van der Waals surface area contributed by atoms with E-state index >= 15 is 0 Å². The first-order valence-electron chi connectivity index (χ1n) is 7.52. The van der Waals surface area contributed by atoms with Crippen molar-refractivity contribution >= 4 is 11.8 Å². The normalized spacial score (nSPS) is 20.7. The molecule has 2 atom stereocenters. The van der Waals surface area contributed by atoms with Gasteiger partial charge in [-0.25, -0.2) is 0 Å². The van der Waals surface area contributed by atoms with Crippen molar-refractivity contribution in [1.82, 2.24) is 5.32 Å². The molecule has 1 heterocycles. The predicted octanol–water partition coefficient (Wildman–Crippen LogP) is 4.51. The Balaban J connectivity index is 2.01. The lowest BCUT2D eigenvalue weighted by Crippen LogP contribution is -2.39. The molecule has 1 saturated heterocycles. The highest BCUT2D eigenvalue weighted by atomic mass is 32.2. The van der Waals surface area contributed by atoms with Crippen molar-refractivity contribution in [1.29, 1.82) is 0 Å². The Morgan fingerprint density at radius 1 is 1.29 bits per heavy atom. The monoisotopic (exact) mass is 317 g/mol. The molecule has 1 aliphatic heterocycles. The number of rotatable bonds is 6. The molecule has 1 aromatic rings. The highest BCUT2D eigenvalue weighted by Gasteiger charge is 2.30. The fourth-order valence-electron chi connectivity index (χ4n) is 2.67. The highest BCUT2D eigenvalue weighted by Crippen LogP contribution is 2.31. The second-order valence-electron chi connectivity index (χ2n) is 5.51. The number of hydrogen-bond acceptors (Lipinski definition) is 2. The van der Waals surface area contributed by atoms with Crippen molar-refractivity contribution in [2.75, 3.05) is 12.3 Å². The number of hydrogen-bond donors (Lipinski definition) is 1. The van der Waals surface area contributed by atoms with Crippen LogP contribution < -0.4 is 5.32 Å². The first-order chi connectivity index (χ1) is 10.0. The van der Waals surface area contributed by atoms with Gasteiger partial charge in [0.05, 0.1) is 5.56 Å². The summed E-state index contributed by atoms with van der Waals surface area (Å²) in [5.41, 5.74) is 0.406. The summed E-state index contributed by atoms with van der Waals surface area (Å²) in [6, 6.07) is 5.96. The zero-order chi connectivity index (χ0) is 15.3. The van der Waals surface area contributed by atoms with Crippen LogP contribution in [0.4, 0.5) is 13.2 Å². The molecule has 1 fully saturated rings. The van der Waals surface area contributed by atoms with Crippen molar-refractivity contribution in [2.24, 2.45) is 0 Å². The first kappa shape index (κ1) is 16.7. The van der Waals surface area contributed by atoms with E-state index in [-0.39, 0.29) is 0 Å². The Morgan fingerprint density at radius 2 is 2.00 bits per heavy atom. The van der Waals surface area contributed by atoms with E-state index in [0.29, 0.717) is 11.3 Å². The van der Waals surface area contributed by atoms with Crippen LogP contribution in [-0.2, 0) is 12.6 Å². The SMILES string of the molecule is CCCNC(Cc1ccc(C(F)(F)F)cc1)C1CCCS1. The van der Waals surface area contributed by atoms with Gasteiger partial charge in [-0.05, 0) is 55.7 Å². The molecule has 1 N–H and O–H groups in total. The topological polar surface area (TPSA) is 12.0 Å². The molecule has 21 heavy (non-hydrogen) atoms. The Hall–Kier alpha value is -0.680. The lowest BCUT2D eigenvalue weighted by molar-refractivity contribution is -0.137. The molecule has 0 radical (unpaired) electrons. The van der Waals surface area contributed by atoms with Crippen LogP contribution >= 0.6 is 11.8 Å². The third kappa shape index (κ3) is 4.92. The molecule has 2 unspecified atom stereocenters. The van der Waals surface area contributed by atoms with E-state index in [4.69, 9.17) is 0 Å². The Kier molecular flexibility index (Phi) is 5.99. The molecule has 0 saturated carbocycles. The van der Waals surface area contributed by atoms with E-state index in [1.54, 1.807) is 12.1 Å². The number of nitrogens with one attached hydrogen (secondary N) is 1. The molecule has 118 valence electrons. The Bertz CT molecular complexity index is 424. The molecule has 1 nitrogen and oxygen atoms in total. The molecule has 0 aromatic heterocycles. The van der Waals surface area contributed by atoms with Crippen molar-refractivity contribution in [3.8, 4) is 0 Å². The summed E-state index contributed by atoms with van der Waals surface area (Å²) >= 11 is 1.99. The molecule has 0 aliphatic carbocycles. The van der Waals surface area contributed by atoms with Gasteiger partial charge in [-0.3, -0.25) is 0 Å². The van der Waals surface area contributed by atoms with Crippen molar-refractivity contribution in [3.63, 3.8) is 0 Å². The van der Waals surface area contributed by atoms with Gasteiger partial charge in [0.25, 0.3) is 0 Å². The van der Waals surface area contributed by atoms with Crippen LogP contribution in [0.3, 0.4) is 0 Å². The average Bonchev–Trinajstić information content (AvgIpc) is 2.97. The van der Waals surface area contributed by atoms with Gasteiger partial charge in [-0.15, -0.1) is 0 Å². The van der Waals surface area contributed by atoms with Gasteiger partial charge in [0, 0.05) is 11.3 Å². The lowest BCUT2D eigenvalue weighted by Gasteiger charge is -2.24. The van der Waals surface area contributed by atoms with Gasteiger partial charge < -0.3 is 5.32 Å². The van der Waals surface area contributed by atoms with E-state index in [0.717, 1.165) is 24.9 Å². The fraction of sp³-hybridized carbons (Fsp3) is 0.625. The second kappa shape index (κ2) is 7.54. The summed E-state index contributed by atoms with van der Waals surface area (Å²) in [6.07, 6.45) is 0.0652. The molecule has 0 spiro atoms. The Morgan fingerprint density at radius 3 is 2.52 bits per heavy atom. The third-order valence-electron chi connectivity index (χ3n) is 3.81. The maximum atomic E-state index is 12.6. The summed E-state index contributed by atoms with van der Waals surface area (Å²) in [6.45, 7) is 3.09. The molecule has 1 aromatic carbocycles. The molecule has 2 rings (SSSR count).